The van der Waals surface area contributed by atoms with Crippen LogP contribution in [0.5, 0.6) is 0 Å². The molecule has 1 aromatic carbocycles. The van der Waals surface area contributed by atoms with E-state index in [2.05, 4.69) is 33.5 Å². The molecule has 18 heavy (non-hydrogen) atoms. The van der Waals surface area contributed by atoms with Gasteiger partial charge >= 0.3 is 0 Å². The third-order valence-electron chi connectivity index (χ3n) is 3.77. The van der Waals surface area contributed by atoms with E-state index in [0.717, 1.165) is 5.56 Å². The van der Waals surface area contributed by atoms with Crippen LogP contribution in [0.15, 0.2) is 30.3 Å². The van der Waals surface area contributed by atoms with Crippen LogP contribution in [-0.4, -0.2) is 19.0 Å². The number of hydrogen-bond acceptors (Lipinski definition) is 2. The van der Waals surface area contributed by atoms with Crippen molar-refractivity contribution < 1.29 is 9.53 Å². The van der Waals surface area contributed by atoms with Gasteiger partial charge in [-0.15, -0.1) is 0 Å². The lowest BCUT2D eigenvalue weighted by molar-refractivity contribution is 0.00166. The van der Waals surface area contributed by atoms with Crippen molar-refractivity contribution in [3.05, 3.63) is 35.9 Å². The predicted molar refractivity (Wildman–Crippen MR) is 77.0 cm³/mol. The summed E-state index contributed by atoms with van der Waals surface area (Å²) in [5, 5.41) is 10.9. The minimum Gasteiger partial charge on any atom is -0.408 e. The fourth-order valence-electron chi connectivity index (χ4n) is 2.86. The molecular weight excluding hydrogens is 240 g/mol. The second-order valence-corrected chi connectivity index (χ2v) is 11.1. The molecule has 1 aliphatic carbocycles. The first kappa shape index (κ1) is 13.8. The molecule has 1 fully saturated rings. The molecule has 1 N–H and O–H groups in total. The fraction of sp³-hybridized carbons (Fsp3) is 0.600. The third-order valence-corrected chi connectivity index (χ3v) is 4.74. The molecule has 0 bridgehead atoms. The van der Waals surface area contributed by atoms with Gasteiger partial charge in [0, 0.05) is 6.42 Å². The highest BCUT2D eigenvalue weighted by molar-refractivity contribution is 6.69. The first-order valence-corrected chi connectivity index (χ1v) is 10.1. The average molecular weight is 264 g/mol. The second-order valence-electron chi connectivity index (χ2n) is 6.66. The van der Waals surface area contributed by atoms with E-state index in [1.54, 1.807) is 0 Å². The molecule has 0 saturated heterocycles. The lowest BCUT2D eigenvalue weighted by Crippen LogP contribution is -2.41. The second kappa shape index (κ2) is 4.19. The van der Waals surface area contributed by atoms with Gasteiger partial charge in [-0.2, -0.15) is 0 Å². The Kier molecular flexibility index (Phi) is 3.20. The molecular formula is C15H24O2Si. The Morgan fingerprint density at radius 1 is 1.17 bits per heavy atom. The third kappa shape index (κ3) is 2.15. The van der Waals surface area contributed by atoms with Crippen LogP contribution in [0.3, 0.4) is 0 Å². The van der Waals surface area contributed by atoms with Crippen molar-refractivity contribution in [3.63, 3.8) is 0 Å². The Bertz CT molecular complexity index is 424. The quantitative estimate of drug-likeness (QED) is 0.843. The number of rotatable bonds is 4. The minimum absolute atomic E-state index is 0.314. The van der Waals surface area contributed by atoms with E-state index >= 15 is 0 Å². The Balaban J connectivity index is 2.32. The molecule has 0 aliphatic heterocycles. The van der Waals surface area contributed by atoms with Crippen molar-refractivity contribution in [1.29, 1.82) is 0 Å². The summed E-state index contributed by atoms with van der Waals surface area (Å²) in [6, 6.07) is 9.93. The van der Waals surface area contributed by atoms with E-state index in [4.69, 9.17) is 4.43 Å². The number of aliphatic hydroxyl groups is 1. The Morgan fingerprint density at radius 3 is 2.17 bits per heavy atom. The van der Waals surface area contributed by atoms with Gasteiger partial charge < -0.3 is 9.53 Å². The van der Waals surface area contributed by atoms with Crippen molar-refractivity contribution >= 4 is 8.32 Å². The van der Waals surface area contributed by atoms with E-state index in [1.807, 2.05) is 30.3 Å². The largest absolute Gasteiger partial charge is 0.408 e. The number of benzene rings is 1. The number of hydrogen-bond donors (Lipinski definition) is 1. The van der Waals surface area contributed by atoms with Crippen LogP contribution >= 0.6 is 0 Å². The van der Waals surface area contributed by atoms with Crippen molar-refractivity contribution in [1.82, 2.24) is 0 Å². The van der Waals surface area contributed by atoms with E-state index in [9.17, 15) is 5.11 Å². The summed E-state index contributed by atoms with van der Waals surface area (Å²) in [6.07, 6.45) is 0.714. The molecule has 0 heterocycles. The van der Waals surface area contributed by atoms with Crippen molar-refractivity contribution in [2.75, 3.05) is 0 Å². The Morgan fingerprint density at radius 2 is 1.72 bits per heavy atom. The fourth-order valence-corrected chi connectivity index (χ4v) is 4.43. The topological polar surface area (TPSA) is 29.5 Å². The zero-order valence-electron chi connectivity index (χ0n) is 12.0. The zero-order valence-corrected chi connectivity index (χ0v) is 13.0. The first-order valence-electron chi connectivity index (χ1n) is 6.69. The highest BCUT2D eigenvalue weighted by atomic mass is 28.4. The molecule has 0 aromatic heterocycles. The van der Waals surface area contributed by atoms with Crippen LogP contribution < -0.4 is 0 Å². The molecule has 0 amide bonds. The van der Waals surface area contributed by atoms with Gasteiger partial charge in [-0.3, -0.25) is 0 Å². The zero-order chi connectivity index (χ0) is 13.6. The standard InChI is InChI=1S/C15H24O2Si/c1-12(2)15(17-18(3,4)5)11-14(15,16)13-9-7-6-8-10-13/h6-10,12,16H,11H2,1-5H3/t14-,15+/m0/s1. The van der Waals surface area contributed by atoms with Crippen LogP contribution in [-0.2, 0) is 10.0 Å². The van der Waals surface area contributed by atoms with Crippen LogP contribution in [0.25, 0.3) is 0 Å². The monoisotopic (exact) mass is 264 g/mol. The van der Waals surface area contributed by atoms with Crippen molar-refractivity contribution in [2.45, 2.75) is 51.1 Å². The summed E-state index contributed by atoms with van der Waals surface area (Å²) in [7, 11) is -1.67. The highest BCUT2D eigenvalue weighted by Gasteiger charge is 2.71. The predicted octanol–water partition coefficient (Wildman–Crippen LogP) is 3.52. The normalized spacial score (nSPS) is 31.7. The van der Waals surface area contributed by atoms with Gasteiger partial charge in [0.1, 0.15) is 5.60 Å². The summed E-state index contributed by atoms with van der Waals surface area (Å²) >= 11 is 0. The highest BCUT2D eigenvalue weighted by Crippen LogP contribution is 2.62. The Labute approximate surface area is 111 Å². The maximum atomic E-state index is 10.9. The van der Waals surface area contributed by atoms with E-state index in [0.29, 0.717) is 12.3 Å². The maximum absolute atomic E-state index is 10.9. The molecule has 0 spiro atoms. The average Bonchev–Trinajstić information content (AvgIpc) is 2.85. The summed E-state index contributed by atoms with van der Waals surface area (Å²) in [4.78, 5) is 0. The molecule has 3 heteroatoms. The van der Waals surface area contributed by atoms with Gasteiger partial charge in [-0.1, -0.05) is 44.2 Å². The van der Waals surface area contributed by atoms with Gasteiger partial charge in [0.05, 0.1) is 5.60 Å². The molecule has 1 aromatic rings. The van der Waals surface area contributed by atoms with Crippen molar-refractivity contribution in [2.24, 2.45) is 5.92 Å². The molecule has 2 rings (SSSR count). The summed E-state index contributed by atoms with van der Waals surface area (Å²) in [5.74, 6) is 0.314. The SMILES string of the molecule is CC(C)[C@]1(O[Si](C)(C)C)C[C@]1(O)c1ccccc1. The first-order chi connectivity index (χ1) is 8.21. The van der Waals surface area contributed by atoms with Gasteiger partial charge in [0.2, 0.25) is 0 Å². The molecule has 0 radical (unpaired) electrons. The van der Waals surface area contributed by atoms with E-state index in [-0.39, 0.29) is 0 Å². The molecule has 2 nitrogen and oxygen atoms in total. The summed E-state index contributed by atoms with van der Waals surface area (Å²) in [5.41, 5.74) is -0.210. The lowest BCUT2D eigenvalue weighted by atomic mass is 9.96. The van der Waals surface area contributed by atoms with Crippen LogP contribution in [0, 0.1) is 5.92 Å². The minimum atomic E-state index is -1.67. The van der Waals surface area contributed by atoms with Gasteiger partial charge in [-0.05, 0) is 31.1 Å². The molecule has 1 aliphatic rings. The van der Waals surface area contributed by atoms with Gasteiger partial charge in [0.25, 0.3) is 0 Å². The van der Waals surface area contributed by atoms with Gasteiger partial charge in [0.15, 0.2) is 8.32 Å². The van der Waals surface area contributed by atoms with Crippen LogP contribution in [0.2, 0.25) is 19.6 Å². The lowest BCUT2D eigenvalue weighted by Gasteiger charge is -2.33. The smallest absolute Gasteiger partial charge is 0.184 e. The van der Waals surface area contributed by atoms with E-state index in [1.165, 1.54) is 0 Å². The molecule has 0 unspecified atom stereocenters. The Hall–Kier alpha value is -0.643. The molecule has 2 atom stereocenters. The van der Waals surface area contributed by atoms with Crippen molar-refractivity contribution in [3.8, 4) is 0 Å². The van der Waals surface area contributed by atoms with Crippen LogP contribution in [0.1, 0.15) is 25.8 Å². The van der Waals surface area contributed by atoms with E-state index < -0.39 is 19.5 Å². The maximum Gasteiger partial charge on any atom is 0.184 e. The summed E-state index contributed by atoms with van der Waals surface area (Å²) < 4.78 is 6.36. The van der Waals surface area contributed by atoms with Crippen LogP contribution in [0.4, 0.5) is 0 Å². The van der Waals surface area contributed by atoms with Gasteiger partial charge in [-0.25, -0.2) is 0 Å². The molecule has 1 saturated carbocycles. The molecule has 100 valence electrons. The summed E-state index contributed by atoms with van der Waals surface area (Å²) in [6.45, 7) is 10.8.